The second kappa shape index (κ2) is 8.47. The molecule has 0 bridgehead atoms. The van der Waals surface area contributed by atoms with Crippen LogP contribution in [0, 0.1) is 0 Å². The van der Waals surface area contributed by atoms with Crippen molar-refractivity contribution < 1.29 is 9.53 Å². The largest absolute Gasteiger partial charge is 0.383 e. The van der Waals surface area contributed by atoms with E-state index in [4.69, 9.17) is 4.74 Å². The second-order valence-corrected chi connectivity index (χ2v) is 5.26. The Kier molecular flexibility index (Phi) is 6.31. The zero-order chi connectivity index (χ0) is 15.8. The van der Waals surface area contributed by atoms with Gasteiger partial charge in [0.2, 0.25) is 0 Å². The van der Waals surface area contributed by atoms with Gasteiger partial charge in [-0.15, -0.1) is 0 Å². The number of carbonyl (C=O) groups is 1. The quantitative estimate of drug-likeness (QED) is 0.697. The molecule has 0 N–H and O–H groups in total. The summed E-state index contributed by atoms with van der Waals surface area (Å²) in [4.78, 5) is 13.4. The molecule has 0 spiro atoms. The molecule has 2 rings (SSSR count). The summed E-state index contributed by atoms with van der Waals surface area (Å²) in [6, 6.07) is 16.2. The Morgan fingerprint density at radius 1 is 1.14 bits per heavy atom. The highest BCUT2D eigenvalue weighted by atomic mass is 16.5. The first kappa shape index (κ1) is 16.4. The number of rotatable bonds is 8. The Bertz CT molecular complexity index is 596. The maximum Gasteiger partial charge on any atom is 0.150 e. The number of likely N-dealkylation sites (N-methyl/N-ethyl adjacent to an activating group) is 1. The van der Waals surface area contributed by atoms with Crippen LogP contribution in [0.2, 0.25) is 0 Å². The molecule has 0 radical (unpaired) electrons. The molecule has 0 fully saturated rings. The van der Waals surface area contributed by atoms with Crippen LogP contribution in [0.4, 0.5) is 0 Å². The average Bonchev–Trinajstić information content (AvgIpc) is 2.59. The lowest BCUT2D eigenvalue weighted by atomic mass is 9.97. The van der Waals surface area contributed by atoms with Crippen molar-refractivity contribution in [3.05, 3.63) is 59.7 Å². The van der Waals surface area contributed by atoms with E-state index in [-0.39, 0.29) is 0 Å². The van der Waals surface area contributed by atoms with E-state index in [1.54, 1.807) is 7.11 Å². The van der Waals surface area contributed by atoms with Gasteiger partial charge in [0.05, 0.1) is 6.61 Å². The van der Waals surface area contributed by atoms with Crippen LogP contribution in [-0.4, -0.2) is 38.0 Å². The van der Waals surface area contributed by atoms with Crippen molar-refractivity contribution in [2.45, 2.75) is 13.5 Å². The highest BCUT2D eigenvalue weighted by Crippen LogP contribution is 2.25. The lowest BCUT2D eigenvalue weighted by Crippen LogP contribution is -2.27. The number of nitrogens with zero attached hydrogens (tertiary/aromatic N) is 1. The zero-order valence-corrected chi connectivity index (χ0v) is 13.3. The van der Waals surface area contributed by atoms with Crippen LogP contribution in [0.1, 0.15) is 22.8 Å². The summed E-state index contributed by atoms with van der Waals surface area (Å²) in [6.07, 6.45) is 0.906. The molecule has 3 heteroatoms. The van der Waals surface area contributed by atoms with Gasteiger partial charge < -0.3 is 4.74 Å². The van der Waals surface area contributed by atoms with Gasteiger partial charge in [-0.25, -0.2) is 0 Å². The van der Waals surface area contributed by atoms with Crippen molar-refractivity contribution in [2.24, 2.45) is 0 Å². The Hall–Kier alpha value is -1.97. The number of ether oxygens (including phenoxy) is 1. The van der Waals surface area contributed by atoms with E-state index in [1.165, 1.54) is 16.7 Å². The van der Waals surface area contributed by atoms with E-state index in [2.05, 4.69) is 24.0 Å². The van der Waals surface area contributed by atoms with Crippen molar-refractivity contribution in [2.75, 3.05) is 26.8 Å². The van der Waals surface area contributed by atoms with Gasteiger partial charge >= 0.3 is 0 Å². The molecule has 0 amide bonds. The predicted molar refractivity (Wildman–Crippen MR) is 90.1 cm³/mol. The van der Waals surface area contributed by atoms with E-state index in [1.807, 2.05) is 36.4 Å². The third-order valence-electron chi connectivity index (χ3n) is 3.80. The first-order valence-electron chi connectivity index (χ1n) is 7.63. The molecule has 0 aliphatic heterocycles. The number of carbonyl (C=O) groups excluding carboxylic acids is 1. The van der Waals surface area contributed by atoms with Crippen molar-refractivity contribution >= 4 is 6.29 Å². The number of methoxy groups -OCH3 is 1. The van der Waals surface area contributed by atoms with Crippen molar-refractivity contribution in [1.29, 1.82) is 0 Å². The predicted octanol–water partition coefficient (Wildman–Crippen LogP) is 3.63. The molecule has 116 valence electrons. The van der Waals surface area contributed by atoms with Crippen LogP contribution < -0.4 is 0 Å². The van der Waals surface area contributed by atoms with Gasteiger partial charge in [-0.3, -0.25) is 9.69 Å². The van der Waals surface area contributed by atoms with E-state index < -0.39 is 0 Å². The van der Waals surface area contributed by atoms with Crippen LogP contribution in [0.3, 0.4) is 0 Å². The molecule has 0 saturated carbocycles. The first-order valence-corrected chi connectivity index (χ1v) is 7.63. The Labute approximate surface area is 132 Å². The minimum Gasteiger partial charge on any atom is -0.383 e. The summed E-state index contributed by atoms with van der Waals surface area (Å²) in [5.41, 5.74) is 4.26. The lowest BCUT2D eigenvalue weighted by molar-refractivity contribution is 0.112. The molecule has 3 nitrogen and oxygen atoms in total. The van der Waals surface area contributed by atoms with Gasteiger partial charge in [-0.1, -0.05) is 49.4 Å². The smallest absolute Gasteiger partial charge is 0.150 e. The molecule has 0 aromatic heterocycles. The molecule has 22 heavy (non-hydrogen) atoms. The fraction of sp³-hybridized carbons (Fsp3) is 0.316. The monoisotopic (exact) mass is 297 g/mol. The maximum atomic E-state index is 11.1. The van der Waals surface area contributed by atoms with Crippen LogP contribution >= 0.6 is 0 Å². The molecule has 0 atom stereocenters. The van der Waals surface area contributed by atoms with Crippen molar-refractivity contribution in [3.8, 4) is 11.1 Å². The topological polar surface area (TPSA) is 29.5 Å². The van der Waals surface area contributed by atoms with Gasteiger partial charge in [0.25, 0.3) is 0 Å². The van der Waals surface area contributed by atoms with E-state index in [0.717, 1.165) is 31.5 Å². The zero-order valence-electron chi connectivity index (χ0n) is 13.3. The number of hydrogen-bond acceptors (Lipinski definition) is 3. The first-order chi connectivity index (χ1) is 10.8. The van der Waals surface area contributed by atoms with Crippen LogP contribution in [0.5, 0.6) is 0 Å². The highest BCUT2D eigenvalue weighted by molar-refractivity contribution is 5.78. The molecule has 0 unspecified atom stereocenters. The van der Waals surface area contributed by atoms with Gasteiger partial charge in [-0.05, 0) is 29.3 Å². The third-order valence-corrected chi connectivity index (χ3v) is 3.80. The molecule has 2 aromatic rings. The van der Waals surface area contributed by atoms with Gasteiger partial charge in [0.15, 0.2) is 0 Å². The Morgan fingerprint density at radius 2 is 1.91 bits per heavy atom. The molecule has 0 saturated heterocycles. The van der Waals surface area contributed by atoms with Crippen molar-refractivity contribution in [3.63, 3.8) is 0 Å². The minimum absolute atomic E-state index is 0.710. The summed E-state index contributed by atoms with van der Waals surface area (Å²) >= 11 is 0. The highest BCUT2D eigenvalue weighted by Gasteiger charge is 2.10. The SMILES string of the molecule is CCN(CCOC)Cc1cc(C=O)ccc1-c1ccccc1. The number of benzene rings is 2. The Balaban J connectivity index is 2.32. The summed E-state index contributed by atoms with van der Waals surface area (Å²) < 4.78 is 5.17. The second-order valence-electron chi connectivity index (χ2n) is 5.26. The van der Waals surface area contributed by atoms with Crippen molar-refractivity contribution in [1.82, 2.24) is 4.90 Å². The van der Waals surface area contributed by atoms with Gasteiger partial charge in [0.1, 0.15) is 6.29 Å². The average molecular weight is 297 g/mol. The van der Waals surface area contributed by atoms with Crippen LogP contribution in [-0.2, 0) is 11.3 Å². The minimum atomic E-state index is 0.710. The van der Waals surface area contributed by atoms with Crippen LogP contribution in [0.15, 0.2) is 48.5 Å². The number of aldehydes is 1. The fourth-order valence-electron chi connectivity index (χ4n) is 2.53. The maximum absolute atomic E-state index is 11.1. The van der Waals surface area contributed by atoms with E-state index in [9.17, 15) is 4.79 Å². The summed E-state index contributed by atoms with van der Waals surface area (Å²) in [5, 5.41) is 0. The molecule has 2 aromatic carbocycles. The van der Waals surface area contributed by atoms with E-state index >= 15 is 0 Å². The normalized spacial score (nSPS) is 10.9. The summed E-state index contributed by atoms with van der Waals surface area (Å²) in [5.74, 6) is 0. The standard InChI is InChI=1S/C19H23NO2/c1-3-20(11-12-22-2)14-18-13-16(15-21)9-10-19(18)17-7-5-4-6-8-17/h4-10,13,15H,3,11-12,14H2,1-2H3. The Morgan fingerprint density at radius 3 is 2.55 bits per heavy atom. The fourth-order valence-corrected chi connectivity index (χ4v) is 2.53. The molecular formula is C19H23NO2. The van der Waals surface area contributed by atoms with Gasteiger partial charge in [-0.2, -0.15) is 0 Å². The third kappa shape index (κ3) is 4.26. The molecular weight excluding hydrogens is 274 g/mol. The van der Waals surface area contributed by atoms with Crippen LogP contribution in [0.25, 0.3) is 11.1 Å². The molecule has 0 aliphatic rings. The lowest BCUT2D eigenvalue weighted by Gasteiger charge is -2.22. The number of hydrogen-bond donors (Lipinski definition) is 0. The summed E-state index contributed by atoms with van der Waals surface area (Å²) in [6.45, 7) is 5.49. The molecule has 0 aliphatic carbocycles. The van der Waals surface area contributed by atoms with E-state index in [0.29, 0.717) is 6.61 Å². The molecule has 0 heterocycles. The summed E-state index contributed by atoms with van der Waals surface area (Å²) in [7, 11) is 1.72. The van der Waals surface area contributed by atoms with Gasteiger partial charge in [0, 0.05) is 25.8 Å².